The summed E-state index contributed by atoms with van der Waals surface area (Å²) in [5.74, 6) is -0.310. The van der Waals surface area contributed by atoms with Crippen molar-refractivity contribution in [2.45, 2.75) is 5.33 Å². The van der Waals surface area contributed by atoms with Gasteiger partial charge in [-0.05, 0) is 41.0 Å². The monoisotopic (exact) mass is 424 g/mol. The minimum Gasteiger partial charge on any atom is -0.465 e. The molecule has 0 spiro atoms. The summed E-state index contributed by atoms with van der Waals surface area (Å²) in [6, 6.07) is 22.0. The van der Waals surface area contributed by atoms with E-state index < -0.39 is 6.09 Å². The van der Waals surface area contributed by atoms with Gasteiger partial charge in [0.05, 0.1) is 11.4 Å². The zero-order valence-corrected chi connectivity index (χ0v) is 15.9. The second-order valence-electron chi connectivity index (χ2n) is 5.84. The first-order valence-electron chi connectivity index (χ1n) is 8.22. The number of anilines is 2. The normalized spacial score (nSPS) is 10.3. The van der Waals surface area contributed by atoms with Gasteiger partial charge in [-0.15, -0.1) is 0 Å². The van der Waals surface area contributed by atoms with Crippen molar-refractivity contribution in [3.05, 3.63) is 83.9 Å². The molecule has 5 nitrogen and oxygen atoms in total. The van der Waals surface area contributed by atoms with Gasteiger partial charge in [0.25, 0.3) is 5.91 Å². The van der Waals surface area contributed by atoms with Crippen LogP contribution >= 0.6 is 15.9 Å². The third-order valence-electron chi connectivity index (χ3n) is 3.99. The molecule has 3 N–H and O–H groups in total. The second-order valence-corrected chi connectivity index (χ2v) is 6.40. The molecule has 27 heavy (non-hydrogen) atoms. The van der Waals surface area contributed by atoms with E-state index in [0.29, 0.717) is 22.3 Å². The van der Waals surface area contributed by atoms with Crippen molar-refractivity contribution >= 4 is 39.3 Å². The largest absolute Gasteiger partial charge is 0.465 e. The fraction of sp³-hybridized carbons (Fsp3) is 0.0476. The maximum atomic E-state index is 12.6. The maximum Gasteiger partial charge on any atom is 0.409 e. The lowest BCUT2D eigenvalue weighted by molar-refractivity contribution is 0.102. The van der Waals surface area contributed by atoms with E-state index in [9.17, 15) is 9.59 Å². The molecule has 0 aliphatic carbocycles. The van der Waals surface area contributed by atoms with Gasteiger partial charge in [-0.25, -0.2) is 4.79 Å². The summed E-state index contributed by atoms with van der Waals surface area (Å²) in [4.78, 5) is 23.7. The van der Waals surface area contributed by atoms with Crippen LogP contribution in [0.1, 0.15) is 15.9 Å². The number of hydrogen-bond donors (Lipinski definition) is 3. The lowest BCUT2D eigenvalue weighted by atomic mass is 10.0. The highest BCUT2D eigenvalue weighted by atomic mass is 79.9. The average molecular weight is 425 g/mol. The molecule has 0 atom stereocenters. The number of rotatable bonds is 5. The molecule has 0 radical (unpaired) electrons. The molecule has 3 rings (SSSR count). The van der Waals surface area contributed by atoms with Gasteiger partial charge in [-0.3, -0.25) is 10.1 Å². The number of alkyl halides is 1. The van der Waals surface area contributed by atoms with Crippen molar-refractivity contribution in [3.63, 3.8) is 0 Å². The third-order valence-corrected chi connectivity index (χ3v) is 4.63. The van der Waals surface area contributed by atoms with E-state index in [1.807, 2.05) is 42.5 Å². The molecule has 6 heteroatoms. The first-order chi connectivity index (χ1) is 13.1. The van der Waals surface area contributed by atoms with Crippen LogP contribution in [0.5, 0.6) is 0 Å². The Balaban J connectivity index is 1.92. The molecule has 3 aromatic carbocycles. The first kappa shape index (κ1) is 18.7. The van der Waals surface area contributed by atoms with E-state index in [1.54, 1.807) is 30.3 Å². The Hall–Kier alpha value is -3.12. The minimum atomic E-state index is -1.19. The number of carbonyl (C=O) groups excluding carboxylic acids is 1. The zero-order chi connectivity index (χ0) is 19.2. The van der Waals surface area contributed by atoms with E-state index in [0.717, 1.165) is 16.7 Å². The summed E-state index contributed by atoms with van der Waals surface area (Å²) < 4.78 is 0. The average Bonchev–Trinajstić information content (AvgIpc) is 2.69. The van der Waals surface area contributed by atoms with Gasteiger partial charge in [0, 0.05) is 10.9 Å². The van der Waals surface area contributed by atoms with E-state index in [1.165, 1.54) is 0 Å². The quantitative estimate of drug-likeness (QED) is 0.467. The number of amides is 2. The molecule has 0 unspecified atom stereocenters. The van der Waals surface area contributed by atoms with Crippen LogP contribution in [0.3, 0.4) is 0 Å². The number of carbonyl (C=O) groups is 2. The van der Waals surface area contributed by atoms with Gasteiger partial charge < -0.3 is 10.4 Å². The molecule has 0 heterocycles. The topological polar surface area (TPSA) is 78.4 Å². The van der Waals surface area contributed by atoms with Gasteiger partial charge in [-0.1, -0.05) is 64.5 Å². The highest BCUT2D eigenvalue weighted by Gasteiger charge is 2.12. The minimum absolute atomic E-state index is 0.310. The van der Waals surface area contributed by atoms with Crippen LogP contribution in [-0.2, 0) is 5.33 Å². The number of nitrogens with one attached hydrogen (secondary N) is 2. The number of halogens is 1. The van der Waals surface area contributed by atoms with Crippen molar-refractivity contribution in [3.8, 4) is 11.1 Å². The molecule has 3 aromatic rings. The number of benzene rings is 3. The van der Waals surface area contributed by atoms with Crippen LogP contribution in [0.25, 0.3) is 11.1 Å². The van der Waals surface area contributed by atoms with Crippen LogP contribution in [0.4, 0.5) is 16.2 Å². The van der Waals surface area contributed by atoms with Gasteiger partial charge >= 0.3 is 6.09 Å². The smallest absolute Gasteiger partial charge is 0.409 e. The molecular formula is C21H17BrN2O3. The molecule has 136 valence electrons. The van der Waals surface area contributed by atoms with Crippen molar-refractivity contribution in [2.75, 3.05) is 10.6 Å². The Morgan fingerprint density at radius 1 is 0.815 bits per heavy atom. The predicted octanol–water partition coefficient (Wildman–Crippen LogP) is 5.59. The van der Waals surface area contributed by atoms with Gasteiger partial charge in [-0.2, -0.15) is 0 Å². The molecule has 0 bridgehead atoms. The molecule has 0 saturated heterocycles. The van der Waals surface area contributed by atoms with Crippen molar-refractivity contribution in [1.82, 2.24) is 0 Å². The van der Waals surface area contributed by atoms with Gasteiger partial charge in [0.15, 0.2) is 0 Å². The summed E-state index contributed by atoms with van der Waals surface area (Å²) in [7, 11) is 0. The van der Waals surface area contributed by atoms with Crippen LogP contribution in [-0.4, -0.2) is 17.1 Å². The van der Waals surface area contributed by atoms with E-state index >= 15 is 0 Å². The van der Waals surface area contributed by atoms with Gasteiger partial charge in [0.1, 0.15) is 0 Å². The molecule has 0 fully saturated rings. The first-order valence-corrected chi connectivity index (χ1v) is 9.34. The predicted molar refractivity (Wildman–Crippen MR) is 111 cm³/mol. The van der Waals surface area contributed by atoms with Crippen LogP contribution in [0, 0.1) is 0 Å². The fourth-order valence-corrected chi connectivity index (χ4v) is 3.00. The second kappa shape index (κ2) is 8.51. The summed E-state index contributed by atoms with van der Waals surface area (Å²) in [5.41, 5.74) is 4.10. The van der Waals surface area contributed by atoms with Crippen LogP contribution in [0.2, 0.25) is 0 Å². The third kappa shape index (κ3) is 4.74. The van der Waals surface area contributed by atoms with E-state index in [4.69, 9.17) is 5.11 Å². The number of carboxylic acid groups (broad SMARTS) is 1. The SMILES string of the molecule is O=C(O)Nc1ccc(-c2ccccc2)cc1NC(=O)c1ccc(CBr)cc1. The highest BCUT2D eigenvalue weighted by molar-refractivity contribution is 9.08. The maximum absolute atomic E-state index is 12.6. The zero-order valence-electron chi connectivity index (χ0n) is 14.3. The lowest BCUT2D eigenvalue weighted by Crippen LogP contribution is -2.15. The summed E-state index contributed by atoms with van der Waals surface area (Å²) in [5, 5.41) is 14.9. The van der Waals surface area contributed by atoms with Crippen molar-refractivity contribution < 1.29 is 14.7 Å². The fourth-order valence-electron chi connectivity index (χ4n) is 2.62. The molecule has 0 aliphatic heterocycles. The van der Waals surface area contributed by atoms with E-state index in [-0.39, 0.29) is 5.91 Å². The summed E-state index contributed by atoms with van der Waals surface area (Å²) in [6.45, 7) is 0. The van der Waals surface area contributed by atoms with Gasteiger partial charge in [0.2, 0.25) is 0 Å². The molecule has 2 amide bonds. The van der Waals surface area contributed by atoms with E-state index in [2.05, 4.69) is 26.6 Å². The Kier molecular flexibility index (Phi) is 5.88. The van der Waals surface area contributed by atoms with Crippen LogP contribution in [0.15, 0.2) is 72.8 Å². The Morgan fingerprint density at radius 2 is 1.52 bits per heavy atom. The Bertz CT molecular complexity index is 957. The van der Waals surface area contributed by atoms with Crippen molar-refractivity contribution in [2.24, 2.45) is 0 Å². The summed E-state index contributed by atoms with van der Waals surface area (Å²) >= 11 is 3.37. The molecular weight excluding hydrogens is 408 g/mol. The Morgan fingerprint density at radius 3 is 2.15 bits per heavy atom. The number of hydrogen-bond acceptors (Lipinski definition) is 2. The molecule has 0 aromatic heterocycles. The highest BCUT2D eigenvalue weighted by Crippen LogP contribution is 2.29. The van der Waals surface area contributed by atoms with Crippen LogP contribution < -0.4 is 10.6 Å². The lowest BCUT2D eigenvalue weighted by Gasteiger charge is -2.13. The molecule has 0 aliphatic rings. The summed E-state index contributed by atoms with van der Waals surface area (Å²) in [6.07, 6.45) is -1.19. The van der Waals surface area contributed by atoms with Crippen molar-refractivity contribution in [1.29, 1.82) is 0 Å². The Labute approximate surface area is 165 Å². The molecule has 0 saturated carbocycles. The standard InChI is InChI=1S/C21H17BrN2O3/c22-13-14-6-8-16(9-7-14)20(25)23-19-12-17(15-4-2-1-3-5-15)10-11-18(19)24-21(26)27/h1-12,24H,13H2,(H,23,25)(H,26,27).